The molecule has 2 aromatic carbocycles. The number of hydrogen-bond acceptors (Lipinski definition) is 6. The molecule has 1 atom stereocenters. The summed E-state index contributed by atoms with van der Waals surface area (Å²) in [4.78, 5) is 11.9. The van der Waals surface area contributed by atoms with Gasteiger partial charge in [0.05, 0.1) is 31.4 Å². The number of hydrogen-bond donors (Lipinski definition) is 1. The van der Waals surface area contributed by atoms with Crippen molar-refractivity contribution in [2.75, 3.05) is 20.3 Å². The summed E-state index contributed by atoms with van der Waals surface area (Å²) in [5.74, 6) is 0.935. The maximum absolute atomic E-state index is 13.4. The molecule has 8 heteroatoms. The van der Waals surface area contributed by atoms with Gasteiger partial charge in [-0.2, -0.15) is 0 Å². The fraction of sp³-hybridized carbons (Fsp3) is 0.250. The number of imidazole rings is 1. The summed E-state index contributed by atoms with van der Waals surface area (Å²) in [5, 5.41) is 13.8. The number of ether oxygens (including phenoxy) is 1. The molecule has 0 saturated carbocycles. The first-order chi connectivity index (χ1) is 15.4. The van der Waals surface area contributed by atoms with Crippen LogP contribution < -0.4 is 4.74 Å². The predicted octanol–water partition coefficient (Wildman–Crippen LogP) is 3.85. The van der Waals surface area contributed by atoms with Crippen molar-refractivity contribution in [1.29, 1.82) is 0 Å². The number of aliphatic hydroxyl groups is 1. The molecule has 0 fully saturated rings. The highest BCUT2D eigenvalue weighted by Gasteiger charge is 2.42. The van der Waals surface area contributed by atoms with Crippen LogP contribution in [-0.2, 0) is 10.6 Å². The monoisotopic (exact) mass is 436 g/mol. The Balaban J connectivity index is 1.59. The number of oxime groups is 1. The molecule has 1 unspecified atom stereocenters. The van der Waals surface area contributed by atoms with Crippen molar-refractivity contribution in [3.63, 3.8) is 0 Å². The smallest absolute Gasteiger partial charge is 0.234 e. The van der Waals surface area contributed by atoms with E-state index < -0.39 is 5.72 Å². The Morgan fingerprint density at radius 1 is 1.19 bits per heavy atom. The van der Waals surface area contributed by atoms with Crippen LogP contribution in [0.15, 0.2) is 66.2 Å². The van der Waals surface area contributed by atoms with Gasteiger partial charge < -0.3 is 24.1 Å². The highest BCUT2D eigenvalue weighted by molar-refractivity contribution is 5.97. The molecule has 1 aliphatic heterocycles. The van der Waals surface area contributed by atoms with Crippen molar-refractivity contribution < 1.29 is 19.1 Å². The number of aliphatic hydroxyl groups excluding tert-OH is 1. The van der Waals surface area contributed by atoms with Crippen LogP contribution in [0.1, 0.15) is 23.7 Å². The van der Waals surface area contributed by atoms with Crippen LogP contribution in [0.3, 0.4) is 0 Å². The van der Waals surface area contributed by atoms with Gasteiger partial charge in [-0.15, -0.1) is 0 Å². The molecule has 1 aliphatic rings. The third kappa shape index (κ3) is 4.09. The highest BCUT2D eigenvalue weighted by Crippen LogP contribution is 2.35. The minimum Gasteiger partial charge on any atom is -0.495 e. The van der Waals surface area contributed by atoms with Crippen molar-refractivity contribution >= 4 is 11.9 Å². The summed E-state index contributed by atoms with van der Waals surface area (Å²) < 4.78 is 20.9. The number of rotatable bonds is 7. The Hall–Kier alpha value is -3.65. The average molecular weight is 436 g/mol. The molecule has 0 radical (unpaired) electrons. The summed E-state index contributed by atoms with van der Waals surface area (Å²) in [7, 11) is 1.63. The van der Waals surface area contributed by atoms with Crippen LogP contribution in [0, 0.1) is 12.7 Å². The first kappa shape index (κ1) is 21.6. The first-order valence-corrected chi connectivity index (χ1v) is 10.2. The quantitative estimate of drug-likeness (QED) is 0.609. The van der Waals surface area contributed by atoms with Crippen LogP contribution in [0.4, 0.5) is 4.39 Å². The molecule has 0 amide bonds. The molecular formula is C24H25FN4O3. The van der Waals surface area contributed by atoms with Crippen LogP contribution in [0.5, 0.6) is 5.75 Å². The summed E-state index contributed by atoms with van der Waals surface area (Å²) in [5.41, 5.74) is 2.50. The Bertz CT molecular complexity index is 1160. The van der Waals surface area contributed by atoms with Crippen molar-refractivity contribution in [2.45, 2.75) is 19.6 Å². The maximum atomic E-state index is 13.4. The molecule has 1 N–H and O–H groups in total. The number of aryl methyl sites for hydroxylation is 1. The number of aromatic nitrogens is 2. The minimum atomic E-state index is -0.947. The average Bonchev–Trinajstić information content (AvgIpc) is 3.37. The van der Waals surface area contributed by atoms with Gasteiger partial charge in [-0.05, 0) is 42.8 Å². The van der Waals surface area contributed by atoms with Gasteiger partial charge in [0.1, 0.15) is 11.6 Å². The molecule has 0 spiro atoms. The fourth-order valence-corrected chi connectivity index (χ4v) is 3.70. The van der Waals surface area contributed by atoms with Crippen molar-refractivity contribution in [2.24, 2.45) is 5.16 Å². The highest BCUT2D eigenvalue weighted by atomic mass is 19.1. The van der Waals surface area contributed by atoms with Crippen LogP contribution in [0.2, 0.25) is 0 Å². The minimum absolute atomic E-state index is 0.0835. The van der Waals surface area contributed by atoms with Gasteiger partial charge in [0.15, 0.2) is 5.84 Å². The molecule has 1 aromatic heterocycles. The molecule has 2 heterocycles. The molecule has 0 saturated heterocycles. The molecule has 0 aliphatic carbocycles. The molecule has 32 heavy (non-hydrogen) atoms. The standard InChI is InChI=1S/C24H25FN4O3/c1-17-15-28(16-26-17)21-10-4-18(14-22(21)31-3)5-11-23-27-32-24(2,29(23)12-13-30)19-6-8-20(25)9-7-19/h4-11,14-16,30H,12-13H2,1-3H3. The van der Waals surface area contributed by atoms with Crippen molar-refractivity contribution in [1.82, 2.24) is 14.5 Å². The lowest BCUT2D eigenvalue weighted by atomic mass is 10.0. The van der Waals surface area contributed by atoms with Crippen LogP contribution in [-0.4, -0.2) is 45.7 Å². The predicted molar refractivity (Wildman–Crippen MR) is 120 cm³/mol. The van der Waals surface area contributed by atoms with E-state index in [4.69, 9.17) is 9.57 Å². The largest absolute Gasteiger partial charge is 0.495 e. The normalized spacial score (nSPS) is 18.2. The van der Waals surface area contributed by atoms with E-state index in [1.807, 2.05) is 59.9 Å². The van der Waals surface area contributed by atoms with E-state index in [1.54, 1.807) is 25.6 Å². The Morgan fingerprint density at radius 3 is 2.62 bits per heavy atom. The zero-order valence-corrected chi connectivity index (χ0v) is 18.2. The second-order valence-electron chi connectivity index (χ2n) is 7.59. The van der Waals surface area contributed by atoms with Gasteiger partial charge in [0.2, 0.25) is 5.72 Å². The molecule has 7 nitrogen and oxygen atoms in total. The maximum Gasteiger partial charge on any atom is 0.234 e. The molecule has 3 aromatic rings. The lowest BCUT2D eigenvalue weighted by Gasteiger charge is -2.33. The third-order valence-corrected chi connectivity index (χ3v) is 5.43. The zero-order chi connectivity index (χ0) is 22.7. The molecule has 0 bridgehead atoms. The fourth-order valence-electron chi connectivity index (χ4n) is 3.70. The lowest BCUT2D eigenvalue weighted by molar-refractivity contribution is -0.0932. The first-order valence-electron chi connectivity index (χ1n) is 10.2. The summed E-state index contributed by atoms with van der Waals surface area (Å²) >= 11 is 0. The van der Waals surface area contributed by atoms with E-state index in [0.29, 0.717) is 18.1 Å². The summed E-state index contributed by atoms with van der Waals surface area (Å²) in [6.07, 6.45) is 7.39. The summed E-state index contributed by atoms with van der Waals surface area (Å²) in [6.45, 7) is 3.99. The van der Waals surface area contributed by atoms with E-state index in [-0.39, 0.29) is 12.4 Å². The number of methoxy groups -OCH3 is 1. The van der Waals surface area contributed by atoms with Crippen molar-refractivity contribution in [3.8, 4) is 11.4 Å². The topological polar surface area (TPSA) is 72.1 Å². The van der Waals surface area contributed by atoms with E-state index in [1.165, 1.54) is 12.1 Å². The van der Waals surface area contributed by atoms with Gasteiger partial charge in [0, 0.05) is 25.2 Å². The number of nitrogens with zero attached hydrogens (tertiary/aromatic N) is 4. The second kappa shape index (κ2) is 8.84. The van der Waals surface area contributed by atoms with Gasteiger partial charge in [-0.1, -0.05) is 29.4 Å². The number of β-amino-alcohol motifs (C(OH)–C–C–N with tert-alkyl or cyclic N) is 1. The molecular weight excluding hydrogens is 411 g/mol. The molecule has 4 rings (SSSR count). The van der Waals surface area contributed by atoms with Gasteiger partial charge in [0.25, 0.3) is 0 Å². The second-order valence-corrected chi connectivity index (χ2v) is 7.59. The van der Waals surface area contributed by atoms with Gasteiger partial charge >= 0.3 is 0 Å². The zero-order valence-electron chi connectivity index (χ0n) is 18.2. The Morgan fingerprint density at radius 2 is 1.97 bits per heavy atom. The van der Waals surface area contributed by atoms with Gasteiger partial charge in [-0.25, -0.2) is 9.37 Å². The van der Waals surface area contributed by atoms with Gasteiger partial charge in [-0.3, -0.25) is 0 Å². The van der Waals surface area contributed by atoms with E-state index in [2.05, 4.69) is 10.1 Å². The van der Waals surface area contributed by atoms with E-state index in [0.717, 1.165) is 22.5 Å². The third-order valence-electron chi connectivity index (χ3n) is 5.43. The van der Waals surface area contributed by atoms with Crippen LogP contribution >= 0.6 is 0 Å². The van der Waals surface area contributed by atoms with E-state index in [9.17, 15) is 9.50 Å². The Kier molecular flexibility index (Phi) is 5.96. The summed E-state index contributed by atoms with van der Waals surface area (Å²) in [6, 6.07) is 11.9. The number of amidine groups is 1. The van der Waals surface area contributed by atoms with Crippen LogP contribution in [0.25, 0.3) is 11.8 Å². The van der Waals surface area contributed by atoms with E-state index >= 15 is 0 Å². The molecule has 166 valence electrons. The lowest BCUT2D eigenvalue weighted by Crippen LogP contribution is -2.44. The Labute approximate surface area is 186 Å². The number of halogens is 1. The number of benzene rings is 2. The SMILES string of the molecule is COc1cc(C=CC2=NOC(C)(c3ccc(F)cc3)N2CCO)ccc1-n1cnc(C)c1. The van der Waals surface area contributed by atoms with Crippen molar-refractivity contribution in [3.05, 3.63) is 83.7 Å².